The van der Waals surface area contributed by atoms with Crippen LogP contribution in [-0.4, -0.2) is 4.98 Å². The molecular formula is C15H16N2. The summed E-state index contributed by atoms with van der Waals surface area (Å²) in [6.45, 7) is 6.31. The predicted molar refractivity (Wildman–Crippen MR) is 69.9 cm³/mol. The first kappa shape index (κ1) is 11.6. The second kappa shape index (κ2) is 4.55. The van der Waals surface area contributed by atoms with Crippen molar-refractivity contribution in [3.05, 3.63) is 40.6 Å². The summed E-state index contributed by atoms with van der Waals surface area (Å²) in [5.41, 5.74) is 5.34. The molecule has 1 aromatic heterocycles. The van der Waals surface area contributed by atoms with Crippen molar-refractivity contribution < 1.29 is 0 Å². The number of benzene rings is 1. The Hall–Kier alpha value is -1.88. The van der Waals surface area contributed by atoms with Gasteiger partial charge in [0.15, 0.2) is 0 Å². The van der Waals surface area contributed by atoms with E-state index in [1.807, 2.05) is 6.92 Å². The van der Waals surface area contributed by atoms with E-state index in [4.69, 9.17) is 5.26 Å². The van der Waals surface area contributed by atoms with Crippen LogP contribution in [0.2, 0.25) is 0 Å². The number of fused-ring (bicyclic) bond motifs is 1. The first-order valence-electron chi connectivity index (χ1n) is 5.97. The summed E-state index contributed by atoms with van der Waals surface area (Å²) in [5, 5.41) is 10.2. The fourth-order valence-corrected chi connectivity index (χ4v) is 2.34. The van der Waals surface area contributed by atoms with Gasteiger partial charge in [-0.25, -0.2) is 0 Å². The highest BCUT2D eigenvalue weighted by Crippen LogP contribution is 2.26. The number of nitriles is 1. The van der Waals surface area contributed by atoms with Gasteiger partial charge < -0.3 is 0 Å². The minimum atomic E-state index is 0.675. The topological polar surface area (TPSA) is 36.7 Å². The SMILES string of the molecule is CCCc1ccc2ncc(C#N)c(C)c2c1C. The van der Waals surface area contributed by atoms with Crippen molar-refractivity contribution in [2.45, 2.75) is 33.6 Å². The Bertz CT molecular complexity index is 606. The number of rotatable bonds is 2. The van der Waals surface area contributed by atoms with E-state index >= 15 is 0 Å². The zero-order chi connectivity index (χ0) is 12.4. The molecule has 0 aliphatic heterocycles. The quantitative estimate of drug-likeness (QED) is 0.780. The number of hydrogen-bond acceptors (Lipinski definition) is 2. The van der Waals surface area contributed by atoms with Crippen LogP contribution in [0.4, 0.5) is 0 Å². The van der Waals surface area contributed by atoms with Gasteiger partial charge in [-0.15, -0.1) is 0 Å². The minimum absolute atomic E-state index is 0.675. The standard InChI is InChI=1S/C15H16N2/c1-4-5-12-6-7-14-15(10(12)2)11(3)13(8-16)9-17-14/h6-7,9H,4-5H2,1-3H3. The maximum Gasteiger partial charge on any atom is 0.101 e. The Morgan fingerprint density at radius 2 is 2.00 bits per heavy atom. The molecule has 0 atom stereocenters. The van der Waals surface area contributed by atoms with Gasteiger partial charge in [-0.3, -0.25) is 4.98 Å². The maximum atomic E-state index is 9.05. The zero-order valence-electron chi connectivity index (χ0n) is 10.5. The third-order valence-corrected chi connectivity index (χ3v) is 3.31. The van der Waals surface area contributed by atoms with Gasteiger partial charge in [0.05, 0.1) is 11.1 Å². The van der Waals surface area contributed by atoms with Crippen LogP contribution in [-0.2, 0) is 6.42 Å². The van der Waals surface area contributed by atoms with Crippen molar-refractivity contribution in [2.24, 2.45) is 0 Å². The molecule has 0 unspecified atom stereocenters. The van der Waals surface area contributed by atoms with Crippen LogP contribution in [0.5, 0.6) is 0 Å². The first-order valence-corrected chi connectivity index (χ1v) is 5.97. The largest absolute Gasteiger partial charge is 0.255 e. The molecule has 0 aliphatic rings. The molecule has 0 bridgehead atoms. The Balaban J connectivity index is 2.78. The van der Waals surface area contributed by atoms with E-state index in [1.54, 1.807) is 6.20 Å². The number of nitrogens with zero attached hydrogens (tertiary/aromatic N) is 2. The molecule has 0 fully saturated rings. The Morgan fingerprint density at radius 1 is 1.24 bits per heavy atom. The molecule has 0 radical (unpaired) electrons. The molecule has 86 valence electrons. The van der Waals surface area contributed by atoms with E-state index in [1.165, 1.54) is 11.1 Å². The molecule has 17 heavy (non-hydrogen) atoms. The fraction of sp³-hybridized carbons (Fsp3) is 0.333. The zero-order valence-corrected chi connectivity index (χ0v) is 10.5. The molecule has 0 saturated carbocycles. The summed E-state index contributed by atoms with van der Waals surface area (Å²) in [6, 6.07) is 6.41. The van der Waals surface area contributed by atoms with Crippen molar-refractivity contribution in [1.82, 2.24) is 4.98 Å². The van der Waals surface area contributed by atoms with Crippen LogP contribution in [0.15, 0.2) is 18.3 Å². The van der Waals surface area contributed by atoms with Gasteiger partial charge in [0.25, 0.3) is 0 Å². The summed E-state index contributed by atoms with van der Waals surface area (Å²) in [7, 11) is 0. The molecule has 0 spiro atoms. The molecule has 0 saturated heterocycles. The minimum Gasteiger partial charge on any atom is -0.255 e. The molecule has 2 aromatic rings. The third-order valence-electron chi connectivity index (χ3n) is 3.31. The lowest BCUT2D eigenvalue weighted by molar-refractivity contribution is 0.915. The summed E-state index contributed by atoms with van der Waals surface area (Å²) < 4.78 is 0. The molecule has 2 heteroatoms. The lowest BCUT2D eigenvalue weighted by atomic mass is 9.95. The van der Waals surface area contributed by atoms with Crippen molar-refractivity contribution in [3.8, 4) is 6.07 Å². The molecule has 1 aromatic carbocycles. The Morgan fingerprint density at radius 3 is 2.65 bits per heavy atom. The number of hydrogen-bond donors (Lipinski definition) is 0. The fourth-order valence-electron chi connectivity index (χ4n) is 2.34. The smallest absolute Gasteiger partial charge is 0.101 e. The number of aryl methyl sites for hydroxylation is 3. The Kier molecular flexibility index (Phi) is 3.10. The van der Waals surface area contributed by atoms with Crippen LogP contribution >= 0.6 is 0 Å². The van der Waals surface area contributed by atoms with E-state index in [2.05, 4.69) is 37.0 Å². The summed E-state index contributed by atoms with van der Waals surface area (Å²) >= 11 is 0. The van der Waals surface area contributed by atoms with Gasteiger partial charge >= 0.3 is 0 Å². The highest BCUT2D eigenvalue weighted by molar-refractivity contribution is 5.87. The van der Waals surface area contributed by atoms with Crippen molar-refractivity contribution in [1.29, 1.82) is 5.26 Å². The van der Waals surface area contributed by atoms with Gasteiger partial charge in [-0.2, -0.15) is 5.26 Å². The summed E-state index contributed by atoms with van der Waals surface area (Å²) in [6.07, 6.45) is 3.88. The molecule has 2 nitrogen and oxygen atoms in total. The molecule has 0 N–H and O–H groups in total. The summed E-state index contributed by atoms with van der Waals surface area (Å²) in [4.78, 5) is 4.35. The second-order valence-corrected chi connectivity index (χ2v) is 4.40. The third kappa shape index (κ3) is 1.89. The van der Waals surface area contributed by atoms with Gasteiger partial charge in [-0.1, -0.05) is 19.4 Å². The van der Waals surface area contributed by atoms with E-state index in [-0.39, 0.29) is 0 Å². The van der Waals surface area contributed by atoms with Crippen molar-refractivity contribution >= 4 is 10.9 Å². The second-order valence-electron chi connectivity index (χ2n) is 4.40. The molecule has 0 aliphatic carbocycles. The first-order chi connectivity index (χ1) is 8.19. The maximum absolute atomic E-state index is 9.05. The van der Waals surface area contributed by atoms with Crippen molar-refractivity contribution in [2.75, 3.05) is 0 Å². The number of aromatic nitrogens is 1. The van der Waals surface area contributed by atoms with Crippen LogP contribution in [0, 0.1) is 25.2 Å². The molecule has 1 heterocycles. The average Bonchev–Trinajstić information content (AvgIpc) is 2.33. The highest BCUT2D eigenvalue weighted by Gasteiger charge is 2.09. The number of pyridine rings is 1. The highest BCUT2D eigenvalue weighted by atomic mass is 14.7. The molecule has 2 rings (SSSR count). The lowest BCUT2D eigenvalue weighted by Crippen LogP contribution is -1.95. The van der Waals surface area contributed by atoms with E-state index in [9.17, 15) is 0 Å². The van der Waals surface area contributed by atoms with Crippen LogP contribution in [0.25, 0.3) is 10.9 Å². The monoisotopic (exact) mass is 224 g/mol. The Labute approximate surface area is 102 Å². The summed E-state index contributed by atoms with van der Waals surface area (Å²) in [5.74, 6) is 0. The normalized spacial score (nSPS) is 10.5. The molecule has 0 amide bonds. The predicted octanol–water partition coefficient (Wildman–Crippen LogP) is 3.68. The van der Waals surface area contributed by atoms with Crippen LogP contribution < -0.4 is 0 Å². The average molecular weight is 224 g/mol. The van der Waals surface area contributed by atoms with Gasteiger partial charge in [-0.05, 0) is 43.0 Å². The van der Waals surface area contributed by atoms with Gasteiger partial charge in [0.1, 0.15) is 6.07 Å². The lowest BCUT2D eigenvalue weighted by Gasteiger charge is -2.11. The van der Waals surface area contributed by atoms with Crippen molar-refractivity contribution in [3.63, 3.8) is 0 Å². The van der Waals surface area contributed by atoms with Gasteiger partial charge in [0, 0.05) is 11.6 Å². The van der Waals surface area contributed by atoms with E-state index in [0.29, 0.717) is 5.56 Å². The van der Waals surface area contributed by atoms with Gasteiger partial charge in [0.2, 0.25) is 0 Å². The van der Waals surface area contributed by atoms with E-state index < -0.39 is 0 Å². The van der Waals surface area contributed by atoms with Crippen LogP contribution in [0.1, 0.15) is 35.6 Å². The van der Waals surface area contributed by atoms with Crippen LogP contribution in [0.3, 0.4) is 0 Å². The molecular weight excluding hydrogens is 208 g/mol. The van der Waals surface area contributed by atoms with E-state index in [0.717, 1.165) is 29.3 Å².